The molecule has 12 N–H and O–H groups in total. The Morgan fingerprint density at radius 1 is 0.551 bits per heavy atom. The number of aliphatic hydroxyl groups is 9. The lowest BCUT2D eigenvalue weighted by atomic mass is 9.90. The van der Waals surface area contributed by atoms with E-state index < -0.39 is 88.6 Å². The summed E-state index contributed by atoms with van der Waals surface area (Å²) in [6.45, 7) is 38.8. The summed E-state index contributed by atoms with van der Waals surface area (Å²) < 4.78 is 50.8. The number of nitrogens with one attached hydrogen (secondary N) is 2. The van der Waals surface area contributed by atoms with Crippen LogP contribution in [-0.2, 0) is 45.1 Å². The molecule has 2 aliphatic rings. The smallest absolute Gasteiger partial charge is 0.264 e. The van der Waals surface area contributed by atoms with Gasteiger partial charge >= 0.3 is 0 Å². The molecule has 2 heterocycles. The summed E-state index contributed by atoms with van der Waals surface area (Å²) in [7, 11) is -3.74. The van der Waals surface area contributed by atoms with Crippen LogP contribution in [0.15, 0.2) is 24.3 Å². The number of benzene rings is 1. The van der Waals surface area contributed by atoms with E-state index in [0.29, 0.717) is 49.5 Å². The van der Waals surface area contributed by atoms with E-state index in [9.17, 15) is 68.8 Å². The SMILES string of the molecule is CC(=O)C1OC(OCCCCCCC(C)C)C(O)C(O)C1O.CC(=O)C1OC(Oc2ccc(CCCCC(C)C)cc2)C(O)C(O)C1O.CC(C)(C)CCCCCS(=O)(=O)O.CCC(CO)(CO)NC(=O)CCNCCC(C)C.CCC(O)CCCCCC(C)C.CCCCC(C)C. The molecule has 0 bridgehead atoms. The van der Waals surface area contributed by atoms with Crippen molar-refractivity contribution < 1.29 is 92.3 Å². The molecule has 1 aromatic carbocycles. The fourth-order valence-corrected chi connectivity index (χ4v) is 10.7. The van der Waals surface area contributed by atoms with Crippen molar-refractivity contribution in [3.63, 3.8) is 0 Å². The molecular formula is C76H148N2O19S. The predicted octanol–water partition coefficient (Wildman–Crippen LogP) is 11.8. The van der Waals surface area contributed by atoms with Crippen molar-refractivity contribution in [2.75, 3.05) is 38.7 Å². The number of ether oxygens (including phenoxy) is 4. The Kier molecular flexibility index (Phi) is 58.4. The van der Waals surface area contributed by atoms with Gasteiger partial charge in [0.1, 0.15) is 54.6 Å². The number of aliphatic hydroxyl groups excluding tert-OH is 9. The van der Waals surface area contributed by atoms with Gasteiger partial charge < -0.3 is 75.5 Å². The van der Waals surface area contributed by atoms with Crippen molar-refractivity contribution in [1.82, 2.24) is 10.6 Å². The number of aryl methyl sites for hydroxylation is 1. The molecule has 0 saturated carbocycles. The lowest BCUT2D eigenvalue weighted by molar-refractivity contribution is -0.290. The number of amides is 1. The van der Waals surface area contributed by atoms with Gasteiger partial charge in [0.25, 0.3) is 10.1 Å². The Balaban J connectivity index is -0.00000115. The van der Waals surface area contributed by atoms with E-state index >= 15 is 0 Å². The third kappa shape index (κ3) is 53.1. The number of unbranched alkanes of at least 4 members (excludes halogenated alkanes) is 9. The van der Waals surface area contributed by atoms with Gasteiger partial charge in [-0.25, -0.2) is 0 Å². The van der Waals surface area contributed by atoms with Gasteiger partial charge in [-0.1, -0.05) is 219 Å². The van der Waals surface area contributed by atoms with Crippen LogP contribution >= 0.6 is 0 Å². The number of carbonyl (C=O) groups is 3. The zero-order valence-corrected chi connectivity index (χ0v) is 65.3. The van der Waals surface area contributed by atoms with Crippen molar-refractivity contribution in [3.05, 3.63) is 29.8 Å². The van der Waals surface area contributed by atoms with E-state index in [2.05, 4.69) is 108 Å². The molecular weight excluding hydrogens is 1280 g/mol. The second kappa shape index (κ2) is 57.6. The third-order valence-electron chi connectivity index (χ3n) is 16.9. The van der Waals surface area contributed by atoms with Crippen LogP contribution in [0.3, 0.4) is 0 Å². The Bertz CT molecular complexity index is 2180. The molecule has 582 valence electrons. The second-order valence-electron chi connectivity index (χ2n) is 30.4. The Morgan fingerprint density at radius 3 is 1.42 bits per heavy atom. The fourth-order valence-electron chi connectivity index (χ4n) is 10.1. The Morgan fingerprint density at radius 2 is 0.990 bits per heavy atom. The van der Waals surface area contributed by atoms with Crippen LogP contribution in [0.1, 0.15) is 284 Å². The first-order chi connectivity index (χ1) is 45.8. The first-order valence-corrected chi connectivity index (χ1v) is 39.0. The van der Waals surface area contributed by atoms with Crippen LogP contribution < -0.4 is 15.4 Å². The molecule has 0 spiro atoms. The minimum atomic E-state index is -3.74. The molecule has 0 radical (unpaired) electrons. The fraction of sp³-hybridized carbons (Fsp3) is 0.882. The van der Waals surface area contributed by atoms with Crippen LogP contribution in [0.5, 0.6) is 5.75 Å². The summed E-state index contributed by atoms with van der Waals surface area (Å²) in [6.07, 6.45) is 13.3. The molecule has 0 aliphatic carbocycles. The molecule has 2 aliphatic heterocycles. The highest BCUT2D eigenvalue weighted by molar-refractivity contribution is 7.85. The molecule has 21 nitrogen and oxygen atoms in total. The van der Waals surface area contributed by atoms with Gasteiger partial charge in [-0.05, 0) is 131 Å². The molecule has 1 aromatic rings. The standard InChI is InChI=1S/C20H30O6.C16H30O6.C13H28N2O3.C11H24O.C9H20O3S.C7H16/c1-12(2)6-4-5-7-14-8-10-15(11-9-14)25-20-18(24)16(22)17(23)19(26-20)13(3)21;1-10(2)8-6-4-5-7-9-21-16-14(20)12(18)13(19)15(22-16)11(3)17;1-4-13(9-16,10-17)15-12(18)6-8-14-7-5-11(2)3;1-4-11(12)9-7-5-6-8-10(2)3;1-9(2,3)7-5-4-6-8-13(10,11)12;1-4-5-6-7(2)3/h8-12,16-20,22-24H,4-7H2,1-3H3;10,12-16,18-20H,4-9H2,1-3H3;11,14,16-17H,4-10H2,1-3H3,(H,15,18);10-12H,4-9H2,1-3H3;4-8H2,1-3H3,(H,10,11,12);7H,4-6H2,1-3H3. The first-order valence-electron chi connectivity index (χ1n) is 37.4. The molecule has 11 unspecified atom stereocenters. The van der Waals surface area contributed by atoms with Crippen LogP contribution in [0.25, 0.3) is 0 Å². The van der Waals surface area contributed by atoms with E-state index in [4.69, 9.17) is 23.5 Å². The van der Waals surface area contributed by atoms with Gasteiger partial charge in [0.05, 0.1) is 30.6 Å². The van der Waals surface area contributed by atoms with Crippen LogP contribution in [0, 0.1) is 35.0 Å². The summed E-state index contributed by atoms with van der Waals surface area (Å²) >= 11 is 0. The molecule has 2 fully saturated rings. The van der Waals surface area contributed by atoms with Crippen molar-refractivity contribution in [2.24, 2.45) is 35.0 Å². The third-order valence-corrected chi connectivity index (χ3v) is 17.7. The lowest BCUT2D eigenvalue weighted by Crippen LogP contribution is -2.60. The summed E-state index contributed by atoms with van der Waals surface area (Å²) in [4.78, 5) is 34.6. The molecule has 98 heavy (non-hydrogen) atoms. The van der Waals surface area contributed by atoms with Gasteiger partial charge in [0.2, 0.25) is 12.2 Å². The minimum absolute atomic E-state index is 0.0518. The van der Waals surface area contributed by atoms with E-state index in [1.807, 2.05) is 26.0 Å². The highest BCUT2D eigenvalue weighted by atomic mass is 32.2. The van der Waals surface area contributed by atoms with Crippen LogP contribution in [0.2, 0.25) is 0 Å². The zero-order chi connectivity index (χ0) is 75.6. The number of ketones is 2. The van der Waals surface area contributed by atoms with Crippen LogP contribution in [-0.4, -0.2) is 188 Å². The minimum Gasteiger partial charge on any atom is -0.462 e. The number of rotatable bonds is 42. The average molecular weight is 1430 g/mol. The zero-order valence-electron chi connectivity index (χ0n) is 64.5. The molecule has 22 heteroatoms. The van der Waals surface area contributed by atoms with E-state index in [0.717, 1.165) is 101 Å². The van der Waals surface area contributed by atoms with Gasteiger partial charge in [-0.2, -0.15) is 8.42 Å². The predicted molar refractivity (Wildman–Crippen MR) is 393 cm³/mol. The highest BCUT2D eigenvalue weighted by Crippen LogP contribution is 2.27. The molecule has 1 amide bonds. The molecule has 2 saturated heterocycles. The number of hydrogen-bond donors (Lipinski definition) is 12. The summed E-state index contributed by atoms with van der Waals surface area (Å²) in [5.74, 6) is 3.22. The van der Waals surface area contributed by atoms with Gasteiger partial charge in [-0.15, -0.1) is 0 Å². The van der Waals surface area contributed by atoms with Crippen molar-refractivity contribution >= 4 is 27.6 Å². The number of hydrogen-bond acceptors (Lipinski definition) is 19. The number of Topliss-reactive ketones (excluding diaryl/α,β-unsaturated/α-hetero) is 2. The molecule has 11 atom stereocenters. The monoisotopic (exact) mass is 1430 g/mol. The quantitative estimate of drug-likeness (QED) is 0.0214. The summed E-state index contributed by atoms with van der Waals surface area (Å²) in [5, 5.41) is 92.6. The van der Waals surface area contributed by atoms with Crippen molar-refractivity contribution in [1.29, 1.82) is 0 Å². The van der Waals surface area contributed by atoms with Gasteiger partial charge in [0, 0.05) is 19.6 Å². The Hall–Kier alpha value is -2.78. The normalized spacial score (nSPS) is 21.3. The highest BCUT2D eigenvalue weighted by Gasteiger charge is 2.47. The Labute approximate surface area is 595 Å². The second-order valence-corrected chi connectivity index (χ2v) is 31.9. The number of carbonyl (C=O) groups excluding carboxylic acids is 3. The van der Waals surface area contributed by atoms with E-state index in [1.54, 1.807) is 12.1 Å². The maximum Gasteiger partial charge on any atom is 0.264 e. The maximum atomic E-state index is 11.7. The van der Waals surface area contributed by atoms with Crippen molar-refractivity contribution in [3.8, 4) is 5.75 Å². The molecule has 0 aromatic heterocycles. The molecule has 3 rings (SSSR count). The lowest BCUT2D eigenvalue weighted by Gasteiger charge is -2.39. The maximum absolute atomic E-state index is 11.7. The van der Waals surface area contributed by atoms with Crippen LogP contribution in [0.4, 0.5) is 0 Å². The van der Waals surface area contributed by atoms with Crippen molar-refractivity contribution in [2.45, 2.75) is 358 Å². The topological polar surface area (TPSA) is 349 Å². The van der Waals surface area contributed by atoms with E-state index in [1.165, 1.54) is 90.0 Å². The summed E-state index contributed by atoms with van der Waals surface area (Å²) in [6, 6.07) is 7.45. The largest absolute Gasteiger partial charge is 0.462 e. The van der Waals surface area contributed by atoms with E-state index in [-0.39, 0.29) is 31.0 Å². The van der Waals surface area contributed by atoms with Gasteiger partial charge in [-0.3, -0.25) is 18.9 Å². The first kappa shape index (κ1) is 99.4. The average Bonchev–Trinajstić information content (AvgIpc) is 0.815. The van der Waals surface area contributed by atoms with Gasteiger partial charge in [0.15, 0.2) is 17.9 Å². The summed E-state index contributed by atoms with van der Waals surface area (Å²) in [5.41, 5.74) is 0.635.